The molecule has 0 saturated heterocycles. The second kappa shape index (κ2) is 3.85. The SMILES string of the molecule is CC(NN)c1ccccc1Br. The van der Waals surface area contributed by atoms with Gasteiger partial charge in [0.2, 0.25) is 0 Å². The van der Waals surface area contributed by atoms with Gasteiger partial charge in [-0.25, -0.2) is 0 Å². The second-order valence-electron chi connectivity index (χ2n) is 2.41. The van der Waals surface area contributed by atoms with Gasteiger partial charge in [0.25, 0.3) is 0 Å². The molecule has 3 heteroatoms. The first-order valence-corrected chi connectivity index (χ1v) is 4.25. The Labute approximate surface area is 74.9 Å². The number of rotatable bonds is 2. The highest BCUT2D eigenvalue weighted by Gasteiger charge is 2.04. The van der Waals surface area contributed by atoms with Crippen LogP contribution in [0.3, 0.4) is 0 Å². The van der Waals surface area contributed by atoms with E-state index in [1.54, 1.807) is 0 Å². The number of halogens is 1. The van der Waals surface area contributed by atoms with Gasteiger partial charge in [0.05, 0.1) is 0 Å². The lowest BCUT2D eigenvalue weighted by Gasteiger charge is -2.11. The van der Waals surface area contributed by atoms with Gasteiger partial charge < -0.3 is 0 Å². The van der Waals surface area contributed by atoms with E-state index in [1.807, 2.05) is 31.2 Å². The lowest BCUT2D eigenvalue weighted by Crippen LogP contribution is -2.25. The largest absolute Gasteiger partial charge is 0.271 e. The van der Waals surface area contributed by atoms with Crippen LogP contribution in [0, 0.1) is 0 Å². The Hall–Kier alpha value is -0.380. The zero-order valence-corrected chi connectivity index (χ0v) is 7.93. The molecule has 60 valence electrons. The molecule has 0 spiro atoms. The third-order valence-corrected chi connectivity index (χ3v) is 2.34. The van der Waals surface area contributed by atoms with Crippen LogP contribution < -0.4 is 11.3 Å². The Morgan fingerprint density at radius 3 is 2.64 bits per heavy atom. The van der Waals surface area contributed by atoms with Gasteiger partial charge in [-0.2, -0.15) is 0 Å². The maximum absolute atomic E-state index is 5.30. The van der Waals surface area contributed by atoms with E-state index in [0.29, 0.717) is 0 Å². The first-order valence-electron chi connectivity index (χ1n) is 3.46. The fraction of sp³-hybridized carbons (Fsp3) is 0.250. The molecule has 0 fully saturated rings. The van der Waals surface area contributed by atoms with Crippen LogP contribution in [0.1, 0.15) is 18.5 Å². The maximum Gasteiger partial charge on any atom is 0.0442 e. The number of nitrogens with two attached hydrogens (primary N) is 1. The Bertz CT molecular complexity index is 237. The van der Waals surface area contributed by atoms with E-state index in [4.69, 9.17) is 5.84 Å². The minimum atomic E-state index is 0.186. The molecule has 1 atom stereocenters. The topological polar surface area (TPSA) is 38.0 Å². The average molecular weight is 215 g/mol. The number of benzene rings is 1. The number of nitrogens with one attached hydrogen (secondary N) is 1. The molecule has 1 rings (SSSR count). The molecule has 0 heterocycles. The molecule has 0 amide bonds. The molecule has 1 aromatic carbocycles. The Morgan fingerprint density at radius 1 is 1.45 bits per heavy atom. The Kier molecular flexibility index (Phi) is 3.05. The van der Waals surface area contributed by atoms with Crippen molar-refractivity contribution >= 4 is 15.9 Å². The Balaban J connectivity index is 2.93. The van der Waals surface area contributed by atoms with Gasteiger partial charge in [-0.05, 0) is 18.6 Å². The van der Waals surface area contributed by atoms with Crippen molar-refractivity contribution in [3.63, 3.8) is 0 Å². The van der Waals surface area contributed by atoms with Crippen LogP contribution in [-0.4, -0.2) is 0 Å². The summed E-state index contributed by atoms with van der Waals surface area (Å²) in [6, 6.07) is 8.20. The molecule has 3 N–H and O–H groups in total. The van der Waals surface area contributed by atoms with E-state index >= 15 is 0 Å². The molecule has 0 saturated carbocycles. The molecular weight excluding hydrogens is 204 g/mol. The fourth-order valence-electron chi connectivity index (χ4n) is 0.916. The quantitative estimate of drug-likeness (QED) is 0.584. The van der Waals surface area contributed by atoms with Gasteiger partial charge in [-0.1, -0.05) is 34.1 Å². The van der Waals surface area contributed by atoms with Gasteiger partial charge in [0, 0.05) is 10.5 Å². The highest BCUT2D eigenvalue weighted by Crippen LogP contribution is 2.21. The van der Waals surface area contributed by atoms with Crippen LogP contribution in [0.25, 0.3) is 0 Å². The summed E-state index contributed by atoms with van der Waals surface area (Å²) in [5.74, 6) is 5.30. The highest BCUT2D eigenvalue weighted by atomic mass is 79.9. The zero-order chi connectivity index (χ0) is 8.27. The molecule has 0 bridgehead atoms. The molecular formula is C8H11BrN2. The van der Waals surface area contributed by atoms with Crippen molar-refractivity contribution in [3.8, 4) is 0 Å². The number of hydrazine groups is 1. The van der Waals surface area contributed by atoms with Crippen LogP contribution in [0.2, 0.25) is 0 Å². The van der Waals surface area contributed by atoms with Crippen LogP contribution in [-0.2, 0) is 0 Å². The number of hydrogen-bond acceptors (Lipinski definition) is 2. The van der Waals surface area contributed by atoms with Crippen molar-refractivity contribution in [2.24, 2.45) is 5.84 Å². The van der Waals surface area contributed by atoms with Crippen LogP contribution in [0.15, 0.2) is 28.7 Å². The molecule has 0 aromatic heterocycles. The van der Waals surface area contributed by atoms with Crippen molar-refractivity contribution in [2.45, 2.75) is 13.0 Å². The summed E-state index contributed by atoms with van der Waals surface area (Å²) in [4.78, 5) is 0. The smallest absolute Gasteiger partial charge is 0.0442 e. The summed E-state index contributed by atoms with van der Waals surface area (Å²) in [5, 5.41) is 0. The van der Waals surface area contributed by atoms with Crippen LogP contribution in [0.5, 0.6) is 0 Å². The van der Waals surface area contributed by atoms with Gasteiger partial charge in [-0.3, -0.25) is 11.3 Å². The second-order valence-corrected chi connectivity index (χ2v) is 3.26. The highest BCUT2D eigenvalue weighted by molar-refractivity contribution is 9.10. The monoisotopic (exact) mass is 214 g/mol. The summed E-state index contributed by atoms with van der Waals surface area (Å²) in [7, 11) is 0. The predicted octanol–water partition coefficient (Wildman–Crippen LogP) is 1.97. The summed E-state index contributed by atoms with van der Waals surface area (Å²) < 4.78 is 1.09. The van der Waals surface area contributed by atoms with E-state index in [-0.39, 0.29) is 6.04 Å². The van der Waals surface area contributed by atoms with Gasteiger partial charge >= 0.3 is 0 Å². The van der Waals surface area contributed by atoms with Crippen molar-refractivity contribution in [3.05, 3.63) is 34.3 Å². The molecule has 0 aliphatic heterocycles. The van der Waals surface area contributed by atoms with E-state index in [0.717, 1.165) is 4.47 Å². The number of hydrogen-bond donors (Lipinski definition) is 2. The summed E-state index contributed by atoms with van der Waals surface area (Å²) in [6.45, 7) is 2.01. The van der Waals surface area contributed by atoms with E-state index in [1.165, 1.54) is 5.56 Å². The first-order chi connectivity index (χ1) is 5.25. The molecule has 0 radical (unpaired) electrons. The third kappa shape index (κ3) is 2.02. The summed E-state index contributed by atoms with van der Waals surface area (Å²) >= 11 is 3.44. The van der Waals surface area contributed by atoms with Crippen molar-refractivity contribution in [1.82, 2.24) is 5.43 Å². The standard InChI is InChI=1S/C8H11BrN2/c1-6(11-10)7-4-2-3-5-8(7)9/h2-6,11H,10H2,1H3. The van der Waals surface area contributed by atoms with Gasteiger partial charge in [0.1, 0.15) is 0 Å². The average Bonchev–Trinajstić information content (AvgIpc) is 2.04. The molecule has 11 heavy (non-hydrogen) atoms. The molecule has 0 aliphatic carbocycles. The molecule has 1 aromatic rings. The maximum atomic E-state index is 5.30. The van der Waals surface area contributed by atoms with Crippen LogP contribution >= 0.6 is 15.9 Å². The third-order valence-electron chi connectivity index (χ3n) is 1.62. The predicted molar refractivity (Wildman–Crippen MR) is 49.9 cm³/mol. The van der Waals surface area contributed by atoms with E-state index in [2.05, 4.69) is 21.4 Å². The molecule has 2 nitrogen and oxygen atoms in total. The van der Waals surface area contributed by atoms with Gasteiger partial charge in [0.15, 0.2) is 0 Å². The van der Waals surface area contributed by atoms with Crippen molar-refractivity contribution < 1.29 is 0 Å². The van der Waals surface area contributed by atoms with Crippen molar-refractivity contribution in [2.75, 3.05) is 0 Å². The van der Waals surface area contributed by atoms with Crippen LogP contribution in [0.4, 0.5) is 0 Å². The van der Waals surface area contributed by atoms with E-state index < -0.39 is 0 Å². The Morgan fingerprint density at radius 2 is 2.09 bits per heavy atom. The zero-order valence-electron chi connectivity index (χ0n) is 6.34. The molecule has 1 unspecified atom stereocenters. The molecule has 0 aliphatic rings. The first kappa shape index (κ1) is 8.71. The minimum Gasteiger partial charge on any atom is -0.271 e. The van der Waals surface area contributed by atoms with E-state index in [9.17, 15) is 0 Å². The lowest BCUT2D eigenvalue weighted by molar-refractivity contribution is 0.600. The summed E-state index contributed by atoms with van der Waals surface area (Å²) in [5.41, 5.74) is 3.87. The normalized spacial score (nSPS) is 13.0. The lowest BCUT2D eigenvalue weighted by atomic mass is 10.1. The fourth-order valence-corrected chi connectivity index (χ4v) is 1.54. The minimum absolute atomic E-state index is 0.186. The summed E-state index contributed by atoms with van der Waals surface area (Å²) in [6.07, 6.45) is 0. The van der Waals surface area contributed by atoms with Crippen molar-refractivity contribution in [1.29, 1.82) is 0 Å². The van der Waals surface area contributed by atoms with Gasteiger partial charge in [-0.15, -0.1) is 0 Å².